The number of amides is 1. The normalized spacial score (nSPS) is 18.0. The van der Waals surface area contributed by atoms with Crippen LogP contribution in [0, 0.1) is 6.92 Å². The molecule has 0 aliphatic carbocycles. The summed E-state index contributed by atoms with van der Waals surface area (Å²) in [5.41, 5.74) is 1.60. The number of hydrogen-bond donors (Lipinski definition) is 0. The summed E-state index contributed by atoms with van der Waals surface area (Å²) in [4.78, 5) is 18.7. The zero-order valence-electron chi connectivity index (χ0n) is 13.3. The highest BCUT2D eigenvalue weighted by molar-refractivity contribution is 7.09. The zero-order chi connectivity index (χ0) is 16.2. The number of carbonyl (C=O) groups is 1. The van der Waals surface area contributed by atoms with Gasteiger partial charge in [-0.1, -0.05) is 0 Å². The van der Waals surface area contributed by atoms with Gasteiger partial charge >= 0.3 is 0 Å². The van der Waals surface area contributed by atoms with Crippen molar-refractivity contribution in [2.45, 2.75) is 26.5 Å². The first-order valence-corrected chi connectivity index (χ1v) is 8.54. The van der Waals surface area contributed by atoms with Crippen LogP contribution < -0.4 is 4.74 Å². The molecule has 1 atom stereocenters. The Labute approximate surface area is 139 Å². The predicted molar refractivity (Wildman–Crippen MR) is 88.9 cm³/mol. The number of benzene rings is 1. The Morgan fingerprint density at radius 3 is 2.87 bits per heavy atom. The number of thiazole rings is 1. The molecule has 5 nitrogen and oxygen atoms in total. The van der Waals surface area contributed by atoms with Crippen LogP contribution in [0.15, 0.2) is 29.6 Å². The van der Waals surface area contributed by atoms with Gasteiger partial charge in [0.15, 0.2) is 0 Å². The average Bonchev–Trinajstić information content (AvgIpc) is 2.99. The molecule has 0 spiro atoms. The van der Waals surface area contributed by atoms with Gasteiger partial charge < -0.3 is 14.4 Å². The van der Waals surface area contributed by atoms with E-state index in [1.54, 1.807) is 11.3 Å². The van der Waals surface area contributed by atoms with Gasteiger partial charge in [0.2, 0.25) is 0 Å². The summed E-state index contributed by atoms with van der Waals surface area (Å²) < 4.78 is 11.1. The molecule has 2 aromatic rings. The summed E-state index contributed by atoms with van der Waals surface area (Å²) in [6.45, 7) is 6.26. The summed E-state index contributed by atoms with van der Waals surface area (Å²) >= 11 is 1.61. The summed E-state index contributed by atoms with van der Waals surface area (Å²) in [5, 5.41) is 3.02. The maximum absolute atomic E-state index is 12.5. The molecule has 1 aromatic heterocycles. The second-order valence-electron chi connectivity index (χ2n) is 5.59. The van der Waals surface area contributed by atoms with E-state index in [0.29, 0.717) is 31.9 Å². The van der Waals surface area contributed by atoms with Gasteiger partial charge in [0.05, 0.1) is 30.0 Å². The number of hydrogen-bond acceptors (Lipinski definition) is 5. The quantitative estimate of drug-likeness (QED) is 0.864. The fraction of sp³-hybridized carbons (Fsp3) is 0.412. The fourth-order valence-electron chi connectivity index (χ4n) is 2.52. The average molecular weight is 332 g/mol. The Morgan fingerprint density at radius 1 is 1.43 bits per heavy atom. The highest BCUT2D eigenvalue weighted by atomic mass is 32.1. The van der Waals surface area contributed by atoms with Crippen LogP contribution in [-0.2, 0) is 11.3 Å². The molecule has 0 bridgehead atoms. The molecule has 6 heteroatoms. The molecule has 1 saturated heterocycles. The Hall–Kier alpha value is -1.92. The van der Waals surface area contributed by atoms with Crippen LogP contribution in [0.2, 0.25) is 0 Å². The lowest BCUT2D eigenvalue weighted by Crippen LogP contribution is -2.47. The lowest BCUT2D eigenvalue weighted by molar-refractivity contribution is 0.00359. The third kappa shape index (κ3) is 3.89. The maximum Gasteiger partial charge on any atom is 0.254 e. The Bertz CT molecular complexity index is 669. The zero-order valence-corrected chi connectivity index (χ0v) is 14.1. The van der Waals surface area contributed by atoms with Crippen molar-refractivity contribution in [3.63, 3.8) is 0 Å². The molecule has 1 fully saturated rings. The molecular weight excluding hydrogens is 312 g/mol. The van der Waals surface area contributed by atoms with Gasteiger partial charge in [0.25, 0.3) is 5.91 Å². The molecule has 122 valence electrons. The second kappa shape index (κ2) is 7.10. The minimum absolute atomic E-state index is 0.0440. The molecule has 1 aliphatic rings. The molecule has 1 aromatic carbocycles. The van der Waals surface area contributed by atoms with Gasteiger partial charge in [-0.05, 0) is 38.1 Å². The van der Waals surface area contributed by atoms with Gasteiger partial charge in [-0.3, -0.25) is 4.79 Å². The Kier molecular flexibility index (Phi) is 4.93. The maximum atomic E-state index is 12.5. The topological polar surface area (TPSA) is 51.7 Å². The highest BCUT2D eigenvalue weighted by Crippen LogP contribution is 2.18. The summed E-state index contributed by atoms with van der Waals surface area (Å²) in [6, 6.07) is 7.40. The van der Waals surface area contributed by atoms with Crippen molar-refractivity contribution >= 4 is 17.2 Å². The molecule has 23 heavy (non-hydrogen) atoms. The number of nitrogens with zero attached hydrogens (tertiary/aromatic N) is 2. The number of morpholine rings is 1. The first kappa shape index (κ1) is 16.0. The van der Waals surface area contributed by atoms with E-state index in [9.17, 15) is 4.79 Å². The van der Waals surface area contributed by atoms with E-state index in [2.05, 4.69) is 4.98 Å². The molecule has 1 aliphatic heterocycles. The lowest BCUT2D eigenvalue weighted by Gasteiger charge is -2.33. The lowest BCUT2D eigenvalue weighted by atomic mass is 10.1. The van der Waals surface area contributed by atoms with E-state index < -0.39 is 0 Å². The molecule has 2 heterocycles. The molecule has 3 rings (SSSR count). The number of rotatable bonds is 4. The number of carbonyl (C=O) groups excluding carboxylic acids is 1. The number of aromatic nitrogens is 1. The van der Waals surface area contributed by atoms with Crippen LogP contribution in [0.5, 0.6) is 5.75 Å². The van der Waals surface area contributed by atoms with Gasteiger partial charge in [-0.2, -0.15) is 0 Å². The van der Waals surface area contributed by atoms with Crippen molar-refractivity contribution in [1.29, 1.82) is 0 Å². The highest BCUT2D eigenvalue weighted by Gasteiger charge is 2.24. The van der Waals surface area contributed by atoms with Gasteiger partial charge in [-0.15, -0.1) is 11.3 Å². The van der Waals surface area contributed by atoms with Crippen LogP contribution in [0.1, 0.15) is 28.0 Å². The third-order valence-corrected chi connectivity index (χ3v) is 4.61. The summed E-state index contributed by atoms with van der Waals surface area (Å²) in [5.74, 6) is 0.782. The van der Waals surface area contributed by atoms with E-state index in [1.165, 1.54) is 0 Å². The van der Waals surface area contributed by atoms with E-state index in [1.807, 2.05) is 48.4 Å². The van der Waals surface area contributed by atoms with E-state index >= 15 is 0 Å². The van der Waals surface area contributed by atoms with Crippen molar-refractivity contribution < 1.29 is 14.3 Å². The number of ether oxygens (including phenoxy) is 2. The fourth-order valence-corrected chi connectivity index (χ4v) is 3.12. The predicted octanol–water partition coefficient (Wildman–Crippen LogP) is 2.89. The minimum Gasteiger partial charge on any atom is -0.487 e. The Morgan fingerprint density at radius 2 is 2.22 bits per heavy atom. The molecular formula is C17H20N2O3S. The van der Waals surface area contributed by atoms with Crippen molar-refractivity contribution in [2.24, 2.45) is 0 Å². The molecule has 0 radical (unpaired) electrons. The largest absolute Gasteiger partial charge is 0.487 e. The van der Waals surface area contributed by atoms with Crippen molar-refractivity contribution in [2.75, 3.05) is 19.8 Å². The Balaban J connectivity index is 1.61. The first-order chi connectivity index (χ1) is 11.1. The van der Waals surface area contributed by atoms with Crippen LogP contribution in [-0.4, -0.2) is 41.6 Å². The monoisotopic (exact) mass is 332 g/mol. The number of aryl methyl sites for hydroxylation is 1. The van der Waals surface area contributed by atoms with Gasteiger partial charge in [0.1, 0.15) is 12.4 Å². The summed E-state index contributed by atoms with van der Waals surface area (Å²) in [6.07, 6.45) is 0. The second-order valence-corrected chi connectivity index (χ2v) is 6.66. The van der Waals surface area contributed by atoms with Crippen LogP contribution in [0.25, 0.3) is 0 Å². The minimum atomic E-state index is 0.0440. The van der Waals surface area contributed by atoms with E-state index in [0.717, 1.165) is 16.5 Å². The van der Waals surface area contributed by atoms with Crippen LogP contribution in [0.3, 0.4) is 0 Å². The summed E-state index contributed by atoms with van der Waals surface area (Å²) in [7, 11) is 0. The molecule has 1 amide bonds. The van der Waals surface area contributed by atoms with Gasteiger partial charge in [-0.25, -0.2) is 4.98 Å². The third-order valence-electron chi connectivity index (χ3n) is 3.78. The SMILES string of the molecule is Cc1nc(COc2ccc(C(=O)N3CCOC[C@@H]3C)cc2)cs1. The standard InChI is InChI=1S/C17H20N2O3S/c1-12-9-21-8-7-19(12)17(20)14-3-5-16(6-4-14)22-10-15-11-23-13(2)18-15/h3-6,11-12H,7-10H2,1-2H3/t12-/m0/s1. The van der Waals surface area contributed by atoms with Crippen molar-refractivity contribution in [1.82, 2.24) is 9.88 Å². The van der Waals surface area contributed by atoms with Crippen LogP contribution >= 0.6 is 11.3 Å². The molecule has 0 unspecified atom stereocenters. The first-order valence-electron chi connectivity index (χ1n) is 7.66. The van der Waals surface area contributed by atoms with Crippen LogP contribution in [0.4, 0.5) is 0 Å². The molecule has 0 N–H and O–H groups in total. The van der Waals surface area contributed by atoms with Crippen molar-refractivity contribution in [3.05, 3.63) is 45.9 Å². The van der Waals surface area contributed by atoms with E-state index in [4.69, 9.17) is 9.47 Å². The van der Waals surface area contributed by atoms with E-state index in [-0.39, 0.29) is 11.9 Å². The van der Waals surface area contributed by atoms with Crippen molar-refractivity contribution in [3.8, 4) is 5.75 Å². The van der Waals surface area contributed by atoms with Gasteiger partial charge in [0, 0.05) is 17.5 Å². The molecule has 0 saturated carbocycles. The smallest absolute Gasteiger partial charge is 0.254 e.